The lowest BCUT2D eigenvalue weighted by atomic mass is 10.1. The minimum absolute atomic E-state index is 0.0764. The maximum Gasteiger partial charge on any atom is 0.441 e. The Kier molecular flexibility index (Phi) is 7.45. The maximum absolute atomic E-state index is 11.8. The molecule has 0 aliphatic carbocycles. The smallest absolute Gasteiger partial charge is 0.317 e. The zero-order valence-corrected chi connectivity index (χ0v) is 9.47. The highest BCUT2D eigenvalue weighted by Crippen LogP contribution is 2.30. The van der Waals surface area contributed by atoms with Crippen molar-refractivity contribution in [2.75, 3.05) is 12.8 Å². The van der Waals surface area contributed by atoms with Crippen molar-refractivity contribution < 1.29 is 13.2 Å². The van der Waals surface area contributed by atoms with Crippen molar-refractivity contribution in [2.45, 2.75) is 44.2 Å². The summed E-state index contributed by atoms with van der Waals surface area (Å²) in [6, 6.07) is 0.369. The highest BCUT2D eigenvalue weighted by Gasteiger charge is 2.27. The largest absolute Gasteiger partial charge is 0.441 e. The first-order chi connectivity index (χ1) is 6.49. The normalized spacial score (nSPS) is 14.4. The van der Waals surface area contributed by atoms with Crippen LogP contribution in [-0.2, 0) is 0 Å². The molecule has 0 aliphatic rings. The third kappa shape index (κ3) is 8.69. The maximum atomic E-state index is 11.8. The lowest BCUT2D eigenvalue weighted by molar-refractivity contribution is -0.0328. The third-order valence-corrected chi connectivity index (χ3v) is 2.83. The lowest BCUT2D eigenvalue weighted by Gasteiger charge is -2.14. The van der Waals surface area contributed by atoms with Crippen molar-refractivity contribution in [1.82, 2.24) is 5.32 Å². The number of rotatable bonds is 7. The van der Waals surface area contributed by atoms with Crippen molar-refractivity contribution in [1.29, 1.82) is 0 Å². The number of thioether (sulfide) groups is 1. The Labute approximate surface area is 87.8 Å². The predicted octanol–water partition coefficient (Wildman–Crippen LogP) is 3.41. The summed E-state index contributed by atoms with van der Waals surface area (Å²) in [7, 11) is 1.86. The molecule has 0 rings (SSSR count). The molecular weight excluding hydrogens is 211 g/mol. The van der Waals surface area contributed by atoms with Gasteiger partial charge in [0.25, 0.3) is 0 Å². The average Bonchev–Trinajstić information content (AvgIpc) is 2.08. The second-order valence-electron chi connectivity index (χ2n) is 3.21. The van der Waals surface area contributed by atoms with Gasteiger partial charge in [0, 0.05) is 11.8 Å². The van der Waals surface area contributed by atoms with Crippen molar-refractivity contribution >= 4 is 11.8 Å². The van der Waals surface area contributed by atoms with Crippen LogP contribution in [0.3, 0.4) is 0 Å². The van der Waals surface area contributed by atoms with Crippen LogP contribution in [-0.4, -0.2) is 24.4 Å². The molecule has 0 saturated heterocycles. The first-order valence-corrected chi connectivity index (χ1v) is 5.86. The molecule has 1 atom stereocenters. The van der Waals surface area contributed by atoms with Gasteiger partial charge in [-0.15, -0.1) is 0 Å². The van der Waals surface area contributed by atoms with E-state index in [0.29, 0.717) is 12.5 Å². The van der Waals surface area contributed by atoms with Gasteiger partial charge in [0.1, 0.15) is 0 Å². The monoisotopic (exact) mass is 229 g/mol. The zero-order valence-electron chi connectivity index (χ0n) is 8.66. The summed E-state index contributed by atoms with van der Waals surface area (Å²) in [6.45, 7) is 2.08. The Morgan fingerprint density at radius 2 is 1.93 bits per heavy atom. The summed E-state index contributed by atoms with van der Waals surface area (Å²) < 4.78 is 35.3. The van der Waals surface area contributed by atoms with Crippen molar-refractivity contribution in [3.63, 3.8) is 0 Å². The van der Waals surface area contributed by atoms with E-state index >= 15 is 0 Å². The minimum Gasteiger partial charge on any atom is -0.317 e. The van der Waals surface area contributed by atoms with Gasteiger partial charge < -0.3 is 5.32 Å². The highest BCUT2D eigenvalue weighted by atomic mass is 32.2. The first-order valence-electron chi connectivity index (χ1n) is 4.87. The summed E-state index contributed by atoms with van der Waals surface area (Å²) in [5.74, 6) is 0.172. The van der Waals surface area contributed by atoms with Crippen LogP contribution < -0.4 is 5.32 Å². The van der Waals surface area contributed by atoms with E-state index in [1.54, 1.807) is 0 Å². The van der Waals surface area contributed by atoms with Crippen LogP contribution >= 0.6 is 11.8 Å². The Morgan fingerprint density at radius 3 is 2.36 bits per heavy atom. The Balaban J connectivity index is 3.42. The molecule has 0 heterocycles. The fraction of sp³-hybridized carbons (Fsp3) is 1.00. The van der Waals surface area contributed by atoms with Crippen LogP contribution in [0.15, 0.2) is 0 Å². The number of hydrogen-bond acceptors (Lipinski definition) is 2. The van der Waals surface area contributed by atoms with E-state index in [0.717, 1.165) is 19.3 Å². The number of alkyl halides is 3. The van der Waals surface area contributed by atoms with Gasteiger partial charge in [-0.25, -0.2) is 0 Å². The second kappa shape index (κ2) is 7.40. The first kappa shape index (κ1) is 14.1. The standard InChI is InChI=1S/C9H18F3NS/c1-3-5-8(13-2)6-4-7-14-9(10,11)12/h8,13H,3-7H2,1-2H3. The van der Waals surface area contributed by atoms with Crippen molar-refractivity contribution in [2.24, 2.45) is 0 Å². The number of nitrogens with one attached hydrogen (secondary N) is 1. The van der Waals surface area contributed by atoms with Crippen molar-refractivity contribution in [3.05, 3.63) is 0 Å². The highest BCUT2D eigenvalue weighted by molar-refractivity contribution is 8.00. The number of hydrogen-bond donors (Lipinski definition) is 1. The molecule has 1 unspecified atom stereocenters. The summed E-state index contributed by atoms with van der Waals surface area (Å²) in [5, 5.41) is 3.11. The van der Waals surface area contributed by atoms with Gasteiger partial charge in [0.05, 0.1) is 0 Å². The molecule has 1 N–H and O–H groups in total. The lowest BCUT2D eigenvalue weighted by Crippen LogP contribution is -2.24. The summed E-state index contributed by atoms with van der Waals surface area (Å²) in [5.41, 5.74) is -4.07. The van der Waals surface area contributed by atoms with Crippen LogP contribution in [0.1, 0.15) is 32.6 Å². The third-order valence-electron chi connectivity index (χ3n) is 2.01. The summed E-state index contributed by atoms with van der Waals surface area (Å²) >= 11 is 0.0764. The predicted molar refractivity (Wildman–Crippen MR) is 55.5 cm³/mol. The average molecular weight is 229 g/mol. The van der Waals surface area contributed by atoms with Gasteiger partial charge in [0.2, 0.25) is 0 Å². The Hall–Kier alpha value is 0.1000. The molecule has 0 bridgehead atoms. The van der Waals surface area contributed by atoms with Crippen molar-refractivity contribution in [3.8, 4) is 0 Å². The van der Waals surface area contributed by atoms with Gasteiger partial charge in [-0.05, 0) is 26.3 Å². The van der Waals surface area contributed by atoms with E-state index in [1.807, 2.05) is 7.05 Å². The minimum atomic E-state index is -4.07. The molecule has 0 aromatic heterocycles. The van der Waals surface area contributed by atoms with E-state index < -0.39 is 5.51 Å². The Morgan fingerprint density at radius 1 is 1.29 bits per heavy atom. The fourth-order valence-electron chi connectivity index (χ4n) is 1.30. The molecule has 0 radical (unpaired) electrons. The van der Waals surface area contributed by atoms with E-state index in [4.69, 9.17) is 0 Å². The van der Waals surface area contributed by atoms with Gasteiger partial charge in [0.15, 0.2) is 0 Å². The second-order valence-corrected chi connectivity index (χ2v) is 4.37. The van der Waals surface area contributed by atoms with E-state index in [-0.39, 0.29) is 17.5 Å². The molecule has 1 nitrogen and oxygen atoms in total. The van der Waals surface area contributed by atoms with E-state index in [2.05, 4.69) is 12.2 Å². The summed E-state index contributed by atoms with van der Waals surface area (Å²) in [4.78, 5) is 0. The quantitative estimate of drug-likeness (QED) is 0.671. The Bertz CT molecular complexity index is 139. The molecule has 0 aromatic carbocycles. The number of halogens is 3. The van der Waals surface area contributed by atoms with Gasteiger partial charge in [-0.3, -0.25) is 0 Å². The van der Waals surface area contributed by atoms with E-state index in [9.17, 15) is 13.2 Å². The molecule has 86 valence electrons. The molecule has 0 aliphatic heterocycles. The van der Waals surface area contributed by atoms with Crippen LogP contribution in [0.4, 0.5) is 13.2 Å². The molecule has 0 saturated carbocycles. The van der Waals surface area contributed by atoms with Crippen LogP contribution in [0.2, 0.25) is 0 Å². The van der Waals surface area contributed by atoms with E-state index in [1.165, 1.54) is 0 Å². The topological polar surface area (TPSA) is 12.0 Å². The molecular formula is C9H18F3NS. The SMILES string of the molecule is CCCC(CCCSC(F)(F)F)NC. The molecule has 0 fully saturated rings. The molecule has 0 amide bonds. The van der Waals surface area contributed by atoms with Gasteiger partial charge in [-0.1, -0.05) is 25.1 Å². The van der Waals surface area contributed by atoms with Gasteiger partial charge >= 0.3 is 5.51 Å². The molecule has 5 heteroatoms. The molecule has 14 heavy (non-hydrogen) atoms. The zero-order chi connectivity index (χ0) is 11.0. The van der Waals surface area contributed by atoms with Crippen LogP contribution in [0, 0.1) is 0 Å². The molecule has 0 aromatic rings. The van der Waals surface area contributed by atoms with Crippen LogP contribution in [0.5, 0.6) is 0 Å². The fourth-order valence-corrected chi connectivity index (χ4v) is 1.84. The summed E-state index contributed by atoms with van der Waals surface area (Å²) in [6.07, 6.45) is 3.55. The molecule has 0 spiro atoms. The van der Waals surface area contributed by atoms with Gasteiger partial charge in [-0.2, -0.15) is 13.2 Å². The van der Waals surface area contributed by atoms with Crippen LogP contribution in [0.25, 0.3) is 0 Å².